The monoisotopic (exact) mass is 453 g/mol. The van der Waals surface area contributed by atoms with Crippen LogP contribution in [0.1, 0.15) is 24.8 Å². The molecule has 2 amide bonds. The summed E-state index contributed by atoms with van der Waals surface area (Å²) in [5.41, 5.74) is 5.19. The number of carbonyl (C=O) groups excluding carboxylic acids is 2. The van der Waals surface area contributed by atoms with Crippen molar-refractivity contribution in [3.8, 4) is 11.1 Å². The lowest BCUT2D eigenvalue weighted by Gasteiger charge is -2.42. The average Bonchev–Trinajstić information content (AvgIpc) is 3.41. The maximum Gasteiger partial charge on any atom is 0.227 e. The van der Waals surface area contributed by atoms with Gasteiger partial charge in [-0.1, -0.05) is 66.7 Å². The summed E-state index contributed by atoms with van der Waals surface area (Å²) in [6, 6.07) is 26.5. The summed E-state index contributed by atoms with van der Waals surface area (Å²) in [4.78, 5) is 31.6. The van der Waals surface area contributed by atoms with Crippen molar-refractivity contribution in [1.82, 2.24) is 4.90 Å². The van der Waals surface area contributed by atoms with Crippen molar-refractivity contribution in [2.24, 2.45) is 0 Å². The fourth-order valence-corrected chi connectivity index (χ4v) is 5.17. The summed E-state index contributed by atoms with van der Waals surface area (Å²) >= 11 is 0. The summed E-state index contributed by atoms with van der Waals surface area (Å²) in [5, 5.41) is 0. The van der Waals surface area contributed by atoms with Gasteiger partial charge in [-0.2, -0.15) is 0 Å². The topological polar surface area (TPSA) is 43.9 Å². The average molecular weight is 454 g/mol. The Bertz CT molecular complexity index is 1120. The smallest absolute Gasteiger partial charge is 0.227 e. The molecule has 0 saturated carbocycles. The van der Waals surface area contributed by atoms with E-state index in [1.807, 2.05) is 52.3 Å². The zero-order valence-electron chi connectivity index (χ0n) is 19.5. The Kier molecular flexibility index (Phi) is 6.72. The molecular weight excluding hydrogens is 422 g/mol. The molecular formula is C29H31N3O2. The van der Waals surface area contributed by atoms with Crippen LogP contribution in [-0.2, 0) is 16.0 Å². The van der Waals surface area contributed by atoms with Crippen LogP contribution in [0.15, 0.2) is 78.9 Å². The molecule has 1 atom stereocenters. The Labute approximate surface area is 201 Å². The van der Waals surface area contributed by atoms with Crippen molar-refractivity contribution in [3.63, 3.8) is 0 Å². The van der Waals surface area contributed by atoms with Crippen molar-refractivity contribution in [1.29, 1.82) is 0 Å². The van der Waals surface area contributed by atoms with E-state index in [9.17, 15) is 9.59 Å². The highest BCUT2D eigenvalue weighted by Crippen LogP contribution is 2.35. The molecule has 0 radical (unpaired) electrons. The Hall–Kier alpha value is -3.44. The van der Waals surface area contributed by atoms with Gasteiger partial charge in [0.1, 0.15) is 0 Å². The van der Waals surface area contributed by atoms with E-state index in [0.717, 1.165) is 43.0 Å². The number of likely N-dealkylation sites (tertiary alicyclic amines) is 1. The van der Waals surface area contributed by atoms with Gasteiger partial charge in [-0.25, -0.2) is 0 Å². The number of anilines is 2. The van der Waals surface area contributed by atoms with Crippen LogP contribution < -0.4 is 9.80 Å². The van der Waals surface area contributed by atoms with Crippen LogP contribution in [0.3, 0.4) is 0 Å². The minimum Gasteiger partial charge on any atom is -0.308 e. The predicted molar refractivity (Wildman–Crippen MR) is 137 cm³/mol. The van der Waals surface area contributed by atoms with Gasteiger partial charge >= 0.3 is 0 Å². The molecule has 3 aromatic carbocycles. The first-order valence-electron chi connectivity index (χ1n) is 12.2. The Morgan fingerprint density at radius 3 is 2.18 bits per heavy atom. The Morgan fingerprint density at radius 1 is 0.824 bits per heavy atom. The zero-order chi connectivity index (χ0) is 23.3. The molecule has 174 valence electrons. The third-order valence-electron chi connectivity index (χ3n) is 7.01. The number of benzene rings is 3. The van der Waals surface area contributed by atoms with Gasteiger partial charge in [0.25, 0.3) is 0 Å². The predicted octanol–water partition coefficient (Wildman–Crippen LogP) is 4.76. The van der Waals surface area contributed by atoms with Crippen molar-refractivity contribution in [2.75, 3.05) is 36.0 Å². The van der Waals surface area contributed by atoms with E-state index in [1.54, 1.807) is 0 Å². The summed E-state index contributed by atoms with van der Waals surface area (Å²) in [5.74, 6) is 0.108. The van der Waals surface area contributed by atoms with Gasteiger partial charge in [0.2, 0.25) is 12.3 Å². The van der Waals surface area contributed by atoms with Crippen LogP contribution >= 0.6 is 0 Å². The third kappa shape index (κ3) is 4.75. The van der Waals surface area contributed by atoms with Crippen LogP contribution in [0.4, 0.5) is 11.4 Å². The van der Waals surface area contributed by atoms with Gasteiger partial charge in [0.15, 0.2) is 0 Å². The van der Waals surface area contributed by atoms with E-state index in [1.165, 1.54) is 24.0 Å². The Balaban J connectivity index is 1.29. The largest absolute Gasteiger partial charge is 0.308 e. The van der Waals surface area contributed by atoms with E-state index >= 15 is 0 Å². The van der Waals surface area contributed by atoms with E-state index < -0.39 is 0 Å². The van der Waals surface area contributed by atoms with Gasteiger partial charge in [0, 0.05) is 19.5 Å². The third-order valence-corrected chi connectivity index (χ3v) is 7.01. The molecule has 34 heavy (non-hydrogen) atoms. The second-order valence-corrected chi connectivity index (χ2v) is 9.23. The molecule has 0 aliphatic carbocycles. The minimum atomic E-state index is -0.0281. The molecule has 1 saturated heterocycles. The molecule has 0 bridgehead atoms. The van der Waals surface area contributed by atoms with Gasteiger partial charge < -0.3 is 14.7 Å². The molecule has 0 N–H and O–H groups in total. The van der Waals surface area contributed by atoms with Crippen molar-refractivity contribution < 1.29 is 9.59 Å². The normalized spacial score (nSPS) is 18.1. The lowest BCUT2D eigenvalue weighted by molar-refractivity contribution is -0.119. The second kappa shape index (κ2) is 10.2. The number of fused-ring (bicyclic) bond motifs is 1. The maximum atomic E-state index is 13.4. The molecule has 3 aromatic rings. The molecule has 0 aromatic heterocycles. The molecule has 5 heteroatoms. The van der Waals surface area contributed by atoms with Crippen LogP contribution in [0.25, 0.3) is 11.1 Å². The summed E-state index contributed by atoms with van der Waals surface area (Å²) < 4.78 is 0. The lowest BCUT2D eigenvalue weighted by atomic mass is 10.0. The van der Waals surface area contributed by atoms with Crippen molar-refractivity contribution in [2.45, 2.75) is 31.7 Å². The fraction of sp³-hybridized carbons (Fsp3) is 0.310. The van der Waals surface area contributed by atoms with E-state index in [4.69, 9.17) is 0 Å². The van der Waals surface area contributed by atoms with Crippen LogP contribution in [0.2, 0.25) is 0 Å². The molecule has 1 unspecified atom stereocenters. The highest BCUT2D eigenvalue weighted by atomic mass is 16.2. The SMILES string of the molecule is O=CN1c2ccccc2N(C(=O)CCc2ccc(-c3ccccc3)cc2)CC1CN1CCCC1. The molecule has 0 spiro atoms. The first-order valence-corrected chi connectivity index (χ1v) is 12.2. The lowest BCUT2D eigenvalue weighted by Crippen LogP contribution is -2.54. The number of amides is 2. The van der Waals surface area contributed by atoms with E-state index in [-0.39, 0.29) is 11.9 Å². The molecule has 2 aliphatic rings. The molecule has 2 heterocycles. The molecule has 2 aliphatic heterocycles. The molecule has 5 rings (SSSR count). The number of para-hydroxylation sites is 2. The van der Waals surface area contributed by atoms with Gasteiger partial charge in [-0.15, -0.1) is 0 Å². The first-order chi connectivity index (χ1) is 16.7. The van der Waals surface area contributed by atoms with Crippen LogP contribution in [0, 0.1) is 0 Å². The summed E-state index contributed by atoms with van der Waals surface area (Å²) in [7, 11) is 0. The summed E-state index contributed by atoms with van der Waals surface area (Å²) in [6.45, 7) is 3.48. The van der Waals surface area contributed by atoms with E-state index in [0.29, 0.717) is 19.4 Å². The standard InChI is InChI=1S/C29H31N3O2/c33-22-32-26(20-30-18-6-7-19-30)21-31(27-10-4-5-11-28(27)32)29(34)17-14-23-12-15-25(16-13-23)24-8-2-1-3-9-24/h1-5,8-13,15-16,22,26H,6-7,14,17-21H2. The molecule has 1 fully saturated rings. The van der Waals surface area contributed by atoms with E-state index in [2.05, 4.69) is 41.3 Å². The molecule has 5 nitrogen and oxygen atoms in total. The van der Waals surface area contributed by atoms with Crippen molar-refractivity contribution in [3.05, 3.63) is 84.4 Å². The maximum absolute atomic E-state index is 13.4. The highest BCUT2D eigenvalue weighted by molar-refractivity contribution is 6.00. The quantitative estimate of drug-likeness (QED) is 0.485. The number of hydrogen-bond donors (Lipinski definition) is 0. The zero-order valence-corrected chi connectivity index (χ0v) is 19.5. The van der Waals surface area contributed by atoms with Gasteiger partial charge in [-0.05, 0) is 61.2 Å². The number of hydrogen-bond acceptors (Lipinski definition) is 3. The van der Waals surface area contributed by atoms with Crippen molar-refractivity contribution >= 4 is 23.7 Å². The van der Waals surface area contributed by atoms with Crippen LogP contribution in [-0.4, -0.2) is 49.4 Å². The fourth-order valence-electron chi connectivity index (χ4n) is 5.17. The number of aryl methyl sites for hydroxylation is 1. The number of rotatable bonds is 7. The van der Waals surface area contributed by atoms with Gasteiger partial charge in [-0.3, -0.25) is 9.59 Å². The number of carbonyl (C=O) groups is 2. The van der Waals surface area contributed by atoms with Gasteiger partial charge in [0.05, 0.1) is 17.4 Å². The highest BCUT2D eigenvalue weighted by Gasteiger charge is 2.34. The number of nitrogens with zero attached hydrogens (tertiary/aromatic N) is 3. The Morgan fingerprint density at radius 2 is 1.47 bits per heavy atom. The van der Waals surface area contributed by atoms with Crippen LogP contribution in [0.5, 0.6) is 0 Å². The minimum absolute atomic E-state index is 0.0281. The first kappa shape index (κ1) is 22.4. The summed E-state index contributed by atoms with van der Waals surface area (Å²) in [6.07, 6.45) is 4.47. The second-order valence-electron chi connectivity index (χ2n) is 9.23.